The Balaban J connectivity index is 1.41. The molecule has 6 rings (SSSR count). The van der Waals surface area contributed by atoms with Crippen LogP contribution < -0.4 is 21.3 Å². The van der Waals surface area contributed by atoms with Crippen molar-refractivity contribution in [1.29, 1.82) is 0 Å². The average Bonchev–Trinajstić information content (AvgIpc) is 3.71. The highest BCUT2D eigenvalue weighted by Crippen LogP contribution is 2.35. The van der Waals surface area contributed by atoms with Crippen molar-refractivity contribution in [3.8, 4) is 22.5 Å². The number of carbonyl (C=O) groups is 4. The SMILES string of the molecule is CC(Cc1cc2cc(n1)[C@@H](NC(=O)OC(C)(C)C)C/C=C/[C@H](C(C)C)C(=O)Nc1cnn(C)c1-2)[C@@H]1/C=C/C[C@H](NC(=O)OC(C)(C)C)c2cc(ccn2)-c2c(cnn2C)NC1=O. The van der Waals surface area contributed by atoms with Crippen molar-refractivity contribution in [3.63, 3.8) is 0 Å². The Morgan fingerprint density at radius 2 is 1.26 bits per heavy atom. The highest BCUT2D eigenvalue weighted by atomic mass is 16.6. The van der Waals surface area contributed by atoms with Crippen LogP contribution in [0.5, 0.6) is 0 Å². The Labute approximate surface area is 363 Å². The summed E-state index contributed by atoms with van der Waals surface area (Å²) in [6.45, 7) is 16.8. The van der Waals surface area contributed by atoms with Gasteiger partial charge in [-0.2, -0.15) is 10.2 Å². The van der Waals surface area contributed by atoms with E-state index in [9.17, 15) is 19.2 Å². The molecule has 4 aromatic heterocycles. The minimum atomic E-state index is -0.740. The third-order valence-corrected chi connectivity index (χ3v) is 10.6. The number of hydrogen-bond donors (Lipinski definition) is 4. The zero-order chi connectivity index (χ0) is 45.1. The van der Waals surface area contributed by atoms with Crippen LogP contribution in [0, 0.1) is 23.7 Å². The molecule has 4 aromatic rings. The van der Waals surface area contributed by atoms with Crippen molar-refractivity contribution in [2.24, 2.45) is 37.8 Å². The molecule has 16 nitrogen and oxygen atoms in total. The van der Waals surface area contributed by atoms with Crippen LogP contribution in [0.1, 0.15) is 104 Å². The molecule has 16 heteroatoms. The second kappa shape index (κ2) is 18.3. The van der Waals surface area contributed by atoms with Crippen molar-refractivity contribution in [2.45, 2.75) is 105 Å². The Kier molecular flexibility index (Phi) is 13.4. The molecule has 0 aromatic carbocycles. The summed E-state index contributed by atoms with van der Waals surface area (Å²) in [5, 5.41) is 21.3. The fourth-order valence-electron chi connectivity index (χ4n) is 7.73. The average molecular weight is 849 g/mol. The van der Waals surface area contributed by atoms with Crippen molar-refractivity contribution in [1.82, 2.24) is 40.2 Å². The number of fused-ring (bicyclic) bond motifs is 8. The number of nitrogens with zero attached hydrogens (tertiary/aromatic N) is 6. The lowest BCUT2D eigenvalue weighted by Gasteiger charge is -2.25. The summed E-state index contributed by atoms with van der Waals surface area (Å²) in [7, 11) is 3.60. The third kappa shape index (κ3) is 11.1. The number of amides is 4. The Hall–Kier alpha value is -6.32. The molecular formula is C46H60N10O6. The van der Waals surface area contributed by atoms with E-state index in [0.29, 0.717) is 59.1 Å². The third-order valence-electron chi connectivity index (χ3n) is 10.6. The van der Waals surface area contributed by atoms with Crippen LogP contribution in [-0.2, 0) is 39.6 Å². The van der Waals surface area contributed by atoms with Gasteiger partial charge in [-0.3, -0.25) is 28.9 Å². The predicted molar refractivity (Wildman–Crippen MR) is 237 cm³/mol. The van der Waals surface area contributed by atoms with Crippen LogP contribution in [0.3, 0.4) is 0 Å². The van der Waals surface area contributed by atoms with Crippen LogP contribution in [-0.4, -0.2) is 64.7 Å². The van der Waals surface area contributed by atoms with E-state index < -0.39 is 47.3 Å². The lowest BCUT2D eigenvalue weighted by atomic mass is 9.87. The molecule has 330 valence electrons. The number of carbonyl (C=O) groups excluding carboxylic acids is 4. The first-order chi connectivity index (χ1) is 29.2. The second-order valence-corrected chi connectivity index (χ2v) is 18.5. The van der Waals surface area contributed by atoms with Gasteiger partial charge in [0.05, 0.1) is 70.5 Å². The lowest BCUT2D eigenvalue weighted by molar-refractivity contribution is -0.120. The number of rotatable bonds is 6. The standard InChI is InChI=1S/C46H60N10O6/c1-26(2)31-14-12-17-34(54-44(60)62-46(7,8)9)36-23-29(40-38(51-41(31)57)25-49-56(40)11)21-30(50-36)20-27(3)32-15-13-16-33(53-43(59)61-45(4,5)6)35-22-28(18-19-47-35)39-37(52-42(32)58)24-48-55(39)10/h12-15,18-19,21-27,31-34H,16-17,20H2,1-11H3,(H,51,57)(H,52,58)(H,53,59)(H,54,60)/b14-12+,15-13+/t27?,31-,32+,33+,34+/m1/s1. The molecule has 0 saturated heterocycles. The smallest absolute Gasteiger partial charge is 0.408 e. The first kappa shape index (κ1) is 45.2. The summed E-state index contributed by atoms with van der Waals surface area (Å²) in [4.78, 5) is 64.4. The number of hydrogen-bond acceptors (Lipinski definition) is 10. The predicted octanol–water partition coefficient (Wildman–Crippen LogP) is 7.97. The molecule has 4 bridgehead atoms. The van der Waals surface area contributed by atoms with Gasteiger partial charge in [0, 0.05) is 37.1 Å². The van der Waals surface area contributed by atoms with Gasteiger partial charge >= 0.3 is 12.2 Å². The summed E-state index contributed by atoms with van der Waals surface area (Å²) in [6, 6.07) is 6.35. The summed E-state index contributed by atoms with van der Waals surface area (Å²) < 4.78 is 14.7. The van der Waals surface area contributed by atoms with Gasteiger partial charge in [0.15, 0.2) is 0 Å². The van der Waals surface area contributed by atoms with Gasteiger partial charge in [-0.15, -0.1) is 0 Å². The van der Waals surface area contributed by atoms with Crippen LogP contribution >= 0.6 is 0 Å². The minimum absolute atomic E-state index is 0.00293. The van der Waals surface area contributed by atoms with E-state index in [1.807, 2.05) is 69.3 Å². The summed E-state index contributed by atoms with van der Waals surface area (Å²) >= 11 is 0. The van der Waals surface area contributed by atoms with Crippen LogP contribution in [0.25, 0.3) is 22.5 Å². The number of ether oxygens (including phenoxy) is 2. The van der Waals surface area contributed by atoms with Crippen molar-refractivity contribution >= 4 is 35.4 Å². The largest absolute Gasteiger partial charge is 0.444 e. The maximum Gasteiger partial charge on any atom is 0.408 e. The molecule has 0 fully saturated rings. The number of pyridine rings is 2. The zero-order valence-electron chi connectivity index (χ0n) is 37.6. The Morgan fingerprint density at radius 3 is 1.81 bits per heavy atom. The number of alkyl carbamates (subject to hydrolysis) is 2. The molecule has 4 amide bonds. The van der Waals surface area contributed by atoms with E-state index in [2.05, 4.69) is 36.4 Å². The summed E-state index contributed by atoms with van der Waals surface area (Å²) in [5.41, 5.74) is 4.27. The van der Waals surface area contributed by atoms with Crippen molar-refractivity contribution < 1.29 is 28.7 Å². The highest BCUT2D eigenvalue weighted by Gasteiger charge is 2.30. The number of aromatic nitrogens is 6. The van der Waals surface area contributed by atoms with Gasteiger partial charge in [0.2, 0.25) is 11.8 Å². The molecule has 5 atom stereocenters. The van der Waals surface area contributed by atoms with Crippen LogP contribution in [0.15, 0.2) is 67.2 Å². The molecule has 4 N–H and O–H groups in total. The normalized spacial score (nSPS) is 20.9. The van der Waals surface area contributed by atoms with E-state index in [1.165, 1.54) is 0 Å². The van der Waals surface area contributed by atoms with E-state index in [1.54, 1.807) is 83.6 Å². The summed E-state index contributed by atoms with van der Waals surface area (Å²) in [5.74, 6) is -1.87. The monoisotopic (exact) mass is 848 g/mol. The Bertz CT molecular complexity index is 2360. The molecule has 0 radical (unpaired) electrons. The van der Waals surface area contributed by atoms with E-state index in [-0.39, 0.29) is 23.7 Å². The number of anilines is 2. The fourth-order valence-corrected chi connectivity index (χ4v) is 7.73. The molecule has 0 aliphatic carbocycles. The molecule has 62 heavy (non-hydrogen) atoms. The molecular weight excluding hydrogens is 789 g/mol. The van der Waals surface area contributed by atoms with Gasteiger partial charge in [-0.1, -0.05) is 45.1 Å². The summed E-state index contributed by atoms with van der Waals surface area (Å²) in [6.07, 6.45) is 12.2. The topological polar surface area (TPSA) is 196 Å². The van der Waals surface area contributed by atoms with Crippen molar-refractivity contribution in [2.75, 3.05) is 10.6 Å². The minimum Gasteiger partial charge on any atom is -0.444 e. The maximum absolute atomic E-state index is 14.5. The molecule has 6 heterocycles. The zero-order valence-corrected chi connectivity index (χ0v) is 37.6. The highest BCUT2D eigenvalue weighted by molar-refractivity contribution is 5.98. The van der Waals surface area contributed by atoms with Crippen LogP contribution in [0.2, 0.25) is 0 Å². The maximum atomic E-state index is 14.5. The second-order valence-electron chi connectivity index (χ2n) is 18.5. The number of aryl methyl sites for hydroxylation is 2. The Morgan fingerprint density at radius 1 is 0.758 bits per heavy atom. The van der Waals surface area contributed by atoms with Gasteiger partial charge < -0.3 is 30.7 Å². The van der Waals surface area contributed by atoms with Gasteiger partial charge in [-0.25, -0.2) is 9.59 Å². The molecule has 0 spiro atoms. The number of nitrogens with one attached hydrogen (secondary N) is 4. The van der Waals surface area contributed by atoms with Crippen LogP contribution in [0.4, 0.5) is 21.0 Å². The quantitative estimate of drug-likeness (QED) is 0.138. The fraction of sp³-hybridized carbons (Fsp3) is 0.478. The van der Waals surface area contributed by atoms with Crippen molar-refractivity contribution in [3.05, 3.63) is 84.2 Å². The molecule has 0 saturated carbocycles. The first-order valence-electron chi connectivity index (χ1n) is 21.1. The lowest BCUT2D eigenvalue weighted by Crippen LogP contribution is -2.35. The molecule has 2 aliphatic rings. The van der Waals surface area contributed by atoms with Gasteiger partial charge in [0.1, 0.15) is 11.2 Å². The van der Waals surface area contributed by atoms with E-state index in [0.717, 1.165) is 11.1 Å². The van der Waals surface area contributed by atoms with Gasteiger partial charge in [0.25, 0.3) is 0 Å². The van der Waals surface area contributed by atoms with Gasteiger partial charge in [-0.05, 0) is 96.9 Å². The van der Waals surface area contributed by atoms with E-state index >= 15 is 0 Å². The molecule has 2 aliphatic heterocycles. The molecule has 1 unspecified atom stereocenters. The van der Waals surface area contributed by atoms with E-state index in [4.69, 9.17) is 14.5 Å². The first-order valence-corrected chi connectivity index (χ1v) is 21.1.